The predicted molar refractivity (Wildman–Crippen MR) is 587 cm³/mol. The molecule has 31 nitrogen and oxygen atoms in total. The zero-order valence-electron chi connectivity index (χ0n) is 92.1. The molecule has 1 amide bonds. The van der Waals surface area contributed by atoms with E-state index in [1.165, 1.54) is 63.7 Å². The van der Waals surface area contributed by atoms with Gasteiger partial charge in [0, 0.05) is 37.0 Å². The summed E-state index contributed by atoms with van der Waals surface area (Å²) >= 11 is 0. The number of rotatable bonds is 20. The molecular formula is C107H177ClN8O23Si5. The van der Waals surface area contributed by atoms with Gasteiger partial charge in [-0.25, -0.2) is 28.8 Å². The van der Waals surface area contributed by atoms with Crippen molar-refractivity contribution in [3.8, 4) is 0 Å². The summed E-state index contributed by atoms with van der Waals surface area (Å²) in [6, 6.07) is 18.8. The number of nitrogens with zero attached hydrogens (tertiary/aromatic N) is 5. The van der Waals surface area contributed by atoms with Gasteiger partial charge in [-0.3, -0.25) is 29.3 Å². The molecule has 6 aromatic rings. The smallest absolute Gasteiger partial charge is 0.412 e. The molecule has 12 rings (SSSR count). The Balaban J connectivity index is 0.000000301. The molecular weight excluding hydrogens is 1940 g/mol. The summed E-state index contributed by atoms with van der Waals surface area (Å²) in [4.78, 5) is 131. The van der Waals surface area contributed by atoms with Crippen molar-refractivity contribution in [3.05, 3.63) is 194 Å². The molecule has 6 fully saturated rings. The first kappa shape index (κ1) is 126. The number of halogens is 1. The van der Waals surface area contributed by atoms with Crippen LogP contribution >= 0.6 is 12.4 Å². The molecule has 6 aliphatic rings. The van der Waals surface area contributed by atoms with Gasteiger partial charge in [-0.2, -0.15) is 0 Å². The summed E-state index contributed by atoms with van der Waals surface area (Å²) in [7, 11) is -6.91. The molecule has 0 spiro atoms. The van der Waals surface area contributed by atoms with Crippen LogP contribution in [0.15, 0.2) is 143 Å². The first-order valence-corrected chi connectivity index (χ1v) is 66.0. The lowest BCUT2D eigenvalue weighted by atomic mass is 9.92. The highest BCUT2D eigenvalue weighted by molar-refractivity contribution is 6.75. The number of aromatic nitrogens is 5. The van der Waals surface area contributed by atoms with E-state index in [2.05, 4.69) is 184 Å². The zero-order valence-corrected chi connectivity index (χ0v) is 97.9. The van der Waals surface area contributed by atoms with E-state index in [1.807, 2.05) is 0 Å². The lowest BCUT2D eigenvalue weighted by Gasteiger charge is -2.43. The third-order valence-electron chi connectivity index (χ3n) is 30.7. The molecule has 6 aliphatic carbocycles. The van der Waals surface area contributed by atoms with Crippen LogP contribution in [-0.2, 0) is 36.3 Å². The van der Waals surface area contributed by atoms with Crippen molar-refractivity contribution in [2.24, 2.45) is 5.73 Å². The standard InChI is InChI=1S/C22H38N2O4Si.C19H31NO4Si.2C18H29NO4Si.C12H27NOSi.C11H16N2O2.C7H6O4.ClH/c1-21(2,3)27-20(26)23-16-12-11-15-24(19(16)25)17-13-9-10-14-18(17)28-29(7,8)22(4,5)6;1-19(2,3)25(5,6)24-16-12-8-7-11-15(16)20-13-9-10-14(17(20)21)18(22)23-4;2*1-18(2,3)24(4,5)23-15-11-7-6-10-14(15)19-12-8-9-13(16(19)20)17(21)22;1-12(2,3)15(4,5)14-11-9-7-6-8-10(11)13;12-8-4-3-7-13(11(8)15)9-5-1-2-6-10(9)14;1-10-6(8)5-3-2-4-11-7(5)9;/h11-12,15,17-18H,9-10,13-14H2,1-8H3,(H,23,26);9-10,13,15-16H,7-8,11-12H2,1-6H3;2*8-9,12,14-15H,6-7,10-11H2,1-5H3,(H,21,22);10-11H,6-9,13H2,1-5H3;3-4,7,9-10,14H,1-2,5-6,12H2;2-4H,1H3;1H/t17?,18-;15?,16-;2*14?,15-;10-,11+;9?,10-;;/m111111../s1. The fourth-order valence-electron chi connectivity index (χ4n) is 17.2. The monoisotopic (exact) mass is 2120 g/mol. The molecule has 0 bridgehead atoms. The molecule has 0 aliphatic heterocycles. The predicted octanol–water partition coefficient (Wildman–Crippen LogP) is 23.0. The summed E-state index contributed by atoms with van der Waals surface area (Å²) in [5.41, 5.74) is 8.96. The molecule has 0 aromatic carbocycles. The highest BCUT2D eigenvalue weighted by Gasteiger charge is 2.48. The second kappa shape index (κ2) is 53.8. The van der Waals surface area contributed by atoms with Gasteiger partial charge in [0.15, 0.2) is 41.6 Å². The number of aromatic carboxylic acids is 2. The van der Waals surface area contributed by atoms with Gasteiger partial charge < -0.3 is 90.4 Å². The fraction of sp³-hybridized carbons (Fsp3) is 0.673. The Morgan fingerprint density at radius 2 is 0.632 bits per heavy atom. The van der Waals surface area contributed by atoms with Crippen LogP contribution in [0.5, 0.6) is 0 Å². The summed E-state index contributed by atoms with van der Waals surface area (Å²) in [6.07, 6.45) is 33.5. The molecule has 12 atom stereocenters. The van der Waals surface area contributed by atoms with E-state index in [4.69, 9.17) is 43.1 Å². The molecule has 8 N–H and O–H groups in total. The Morgan fingerprint density at radius 1 is 0.361 bits per heavy atom. The average Bonchev–Trinajstić information content (AvgIpc) is 0.796. The topological polar surface area (TPSA) is 424 Å². The number of carboxylic acid groups (broad SMARTS) is 2. The Bertz CT molecular complexity index is 5420. The van der Waals surface area contributed by atoms with E-state index in [0.717, 1.165) is 141 Å². The van der Waals surface area contributed by atoms with Crippen molar-refractivity contribution in [3.63, 3.8) is 0 Å². The summed E-state index contributed by atoms with van der Waals surface area (Å²) in [5.74, 6) is -3.62. The maximum absolute atomic E-state index is 13.1. The van der Waals surface area contributed by atoms with Crippen LogP contribution in [0.1, 0.15) is 350 Å². The maximum Gasteiger partial charge on any atom is 0.412 e. The highest BCUT2D eigenvalue weighted by Crippen LogP contribution is 2.47. The van der Waals surface area contributed by atoms with Crippen molar-refractivity contribution < 1.29 is 80.1 Å². The Morgan fingerprint density at radius 3 is 0.951 bits per heavy atom. The van der Waals surface area contributed by atoms with Gasteiger partial charge >= 0.3 is 35.6 Å². The second-order valence-corrected chi connectivity index (χ2v) is 71.4. The van der Waals surface area contributed by atoms with Gasteiger partial charge in [0.05, 0.1) is 93.0 Å². The third-order valence-corrected chi connectivity index (χ3v) is 53.2. The minimum Gasteiger partial charge on any atom is -0.477 e. The third kappa shape index (κ3) is 35.5. The number of aliphatic hydroxyl groups excluding tert-OH is 1. The van der Waals surface area contributed by atoms with Crippen molar-refractivity contribution in [1.82, 2.24) is 22.8 Å². The second-order valence-electron chi connectivity index (χ2n) is 47.6. The number of nitrogen functional groups attached to an aromatic ring is 1. The first-order chi connectivity index (χ1) is 66.1. The van der Waals surface area contributed by atoms with Gasteiger partial charge in [-0.1, -0.05) is 181 Å². The molecule has 810 valence electrons. The highest BCUT2D eigenvalue weighted by atomic mass is 35.5. The van der Waals surface area contributed by atoms with E-state index in [1.54, 1.807) is 117 Å². The van der Waals surface area contributed by atoms with Gasteiger partial charge in [-0.05, 0) is 261 Å². The van der Waals surface area contributed by atoms with E-state index in [-0.39, 0.29) is 144 Å². The van der Waals surface area contributed by atoms with Gasteiger partial charge in [0.2, 0.25) is 0 Å². The van der Waals surface area contributed by atoms with Crippen molar-refractivity contribution >= 4 is 95.3 Å². The maximum atomic E-state index is 13.1. The Kier molecular flexibility index (Phi) is 47.1. The number of aliphatic hydroxyl groups is 1. The number of nitrogens with two attached hydrogens (primary N) is 2. The number of carbonyl (C=O) groups is 5. The number of carboxylic acids is 2. The minimum atomic E-state index is -1.96. The summed E-state index contributed by atoms with van der Waals surface area (Å²) in [6.45, 7) is 61.3. The van der Waals surface area contributed by atoms with Gasteiger partial charge in [-0.15, -0.1) is 12.4 Å². The molecule has 5 unspecified atom stereocenters. The average molecular weight is 2120 g/mol. The molecule has 6 saturated carbocycles. The number of hydrogen-bond acceptors (Lipinski definition) is 23. The number of hydrogen-bond donors (Lipinski definition) is 6. The quantitative estimate of drug-likeness (QED) is 0.0235. The number of pyridine rings is 5. The van der Waals surface area contributed by atoms with Crippen LogP contribution in [0.4, 0.5) is 16.2 Å². The number of ether oxygens (including phenoxy) is 3. The first-order valence-electron chi connectivity index (χ1n) is 51.4. The molecule has 37 heteroatoms. The van der Waals surface area contributed by atoms with Crippen LogP contribution in [0.25, 0.3) is 0 Å². The SMILES string of the molecule is CC(C)(C)OC(=O)Nc1cccn(C2CCCC[C@H]2O[Si](C)(C)C(C)(C)C)c1=O.CC(C)(C)[Si](C)(C)O[C@@H]1CCCCC1n1cccc(C(=O)O)c1=O.CC(C)(C)[Si](C)(C)O[C@@H]1CCCCC1n1cccc(C(=O)O)c1=O.CC(C)(C)[Si](C)(C)O[C@H]1CCCC[C@H]1N.COC(=O)c1cccn(C2CCCC[C@H]2O[Si](C)(C)C(C)(C)C)c1=O.COC(=O)c1cccoc1=O.Cl.Nc1cccn(C2CCCC[C@H]2O)c1=O. The van der Waals surface area contributed by atoms with E-state index in [9.17, 15) is 68.1 Å². The summed E-state index contributed by atoms with van der Waals surface area (Å²) in [5, 5.41) is 31.6. The van der Waals surface area contributed by atoms with Crippen LogP contribution in [-0.4, -0.2) is 172 Å². The number of nitrogens with one attached hydrogen (secondary N) is 1. The van der Waals surface area contributed by atoms with Crippen molar-refractivity contribution in [2.75, 3.05) is 25.3 Å². The van der Waals surface area contributed by atoms with E-state index in [0.29, 0.717) is 11.1 Å². The zero-order chi connectivity index (χ0) is 108. The van der Waals surface area contributed by atoms with Crippen LogP contribution in [0.3, 0.4) is 0 Å². The van der Waals surface area contributed by atoms with Crippen LogP contribution < -0.4 is 50.2 Å². The van der Waals surface area contributed by atoms with Crippen molar-refractivity contribution in [2.45, 2.75) is 448 Å². The molecule has 144 heavy (non-hydrogen) atoms. The summed E-state index contributed by atoms with van der Waals surface area (Å²) < 4.78 is 59.9. The number of anilines is 2. The molecule has 6 heterocycles. The number of esters is 2. The lowest BCUT2D eigenvalue weighted by Crippen LogP contribution is -2.50. The molecule has 0 radical (unpaired) electrons. The lowest BCUT2D eigenvalue weighted by molar-refractivity contribution is 0.0585. The Hall–Kier alpha value is -8.26. The van der Waals surface area contributed by atoms with Gasteiger partial charge in [0.1, 0.15) is 33.5 Å². The fourth-order valence-corrected chi connectivity index (χ4v) is 24.1. The molecule has 0 saturated heterocycles. The van der Waals surface area contributed by atoms with Crippen LogP contribution in [0.2, 0.25) is 90.7 Å². The van der Waals surface area contributed by atoms with Crippen LogP contribution in [0, 0.1) is 0 Å². The minimum absolute atomic E-state index is 0. The molecule has 6 aromatic heterocycles. The normalized spacial score (nSPS) is 22.0. The Labute approximate surface area is 866 Å². The number of methoxy groups -OCH3 is 2. The number of carbonyl (C=O) groups excluding carboxylic acids is 3. The van der Waals surface area contributed by atoms with Crippen molar-refractivity contribution in [1.29, 1.82) is 0 Å². The van der Waals surface area contributed by atoms with E-state index >= 15 is 0 Å². The van der Waals surface area contributed by atoms with E-state index < -0.39 is 100 Å². The largest absolute Gasteiger partial charge is 0.477 e. The van der Waals surface area contributed by atoms with Gasteiger partial charge in [0.25, 0.3) is 27.8 Å². The number of amides is 1.